The number of carbonyl (C=O) groups is 2. The Kier molecular flexibility index (Phi) is 11.9. The third kappa shape index (κ3) is 8.34. The number of carboxylic acid groups (broad SMARTS) is 1. The van der Waals surface area contributed by atoms with Crippen molar-refractivity contribution < 1.29 is 40.7 Å². The molecule has 0 amide bonds. The number of aliphatic carboxylic acids is 1. The van der Waals surface area contributed by atoms with Gasteiger partial charge < -0.3 is 10.1 Å². The summed E-state index contributed by atoms with van der Waals surface area (Å²) >= 11 is 0. The van der Waals surface area contributed by atoms with Crippen molar-refractivity contribution in [2.45, 2.75) is 83.0 Å². The van der Waals surface area contributed by atoms with E-state index in [4.69, 9.17) is 0 Å². The Hall–Kier alpha value is -6.43. The van der Waals surface area contributed by atoms with Crippen LogP contribution in [0, 0.1) is 77.5 Å². The third-order valence-electron chi connectivity index (χ3n) is 15.2. The summed E-state index contributed by atoms with van der Waals surface area (Å²) in [5, 5.41) is 10.6. The number of Topliss-reactive ketones (excluding diaryl/α,β-unsaturated/α-hetero) is 1. The number of halogens is 4. The van der Waals surface area contributed by atoms with Crippen LogP contribution in [0.3, 0.4) is 0 Å². The van der Waals surface area contributed by atoms with Crippen LogP contribution in [-0.2, 0) is 32.5 Å². The average molecular weight is 949 g/mol. The Balaban J connectivity index is 0.000000165. The van der Waals surface area contributed by atoms with Crippen molar-refractivity contribution in [3.05, 3.63) is 114 Å². The van der Waals surface area contributed by atoms with Crippen molar-refractivity contribution in [3.8, 4) is 22.8 Å². The van der Waals surface area contributed by atoms with E-state index in [0.29, 0.717) is 46.4 Å². The van der Waals surface area contributed by atoms with Gasteiger partial charge >= 0.3 is 5.97 Å². The van der Waals surface area contributed by atoms with E-state index in [-0.39, 0.29) is 74.8 Å². The van der Waals surface area contributed by atoms with Crippen LogP contribution in [0.15, 0.2) is 78.5 Å². The second kappa shape index (κ2) is 17.9. The fourth-order valence-electron chi connectivity index (χ4n) is 12.0. The summed E-state index contributed by atoms with van der Waals surface area (Å²) in [5.41, 5.74) is 2.55. The number of fused-ring (bicyclic) bond motifs is 8. The van der Waals surface area contributed by atoms with E-state index in [1.54, 1.807) is 25.3 Å². The van der Waals surface area contributed by atoms with E-state index in [0.717, 1.165) is 85.6 Å². The van der Waals surface area contributed by atoms with Gasteiger partial charge in [0.25, 0.3) is 10.0 Å². The number of aromatic amines is 1. The van der Waals surface area contributed by atoms with Gasteiger partial charge in [0.1, 0.15) is 23.1 Å². The maximum absolute atomic E-state index is 15.0. The minimum absolute atomic E-state index is 0.00769. The van der Waals surface area contributed by atoms with Gasteiger partial charge in [-0.25, -0.2) is 59.9 Å². The predicted octanol–water partition coefficient (Wildman–Crippen LogP) is 9.48. The standard InChI is InChI=1S/C28H26F2N4O4S.C22H22F2N4O/c1-15-2-8-19(9-3-15)39(37,38)34-14-22(21-10-18(29)12-32-27(21)34)26-31-13-23(30)24(33-26)11-20-16-4-6-17(7-5-16)25(20)28(35)36;1-11(29)20-13-4-2-12(3-5-13)15(20)7-19-18(24)10-27-22(28-19)17-9-26-21-16(17)6-14(23)8-25-21/h2-3,8-10,12-14,16-17,20,25H,4-7,11H2,1H3,(H,35,36);6,8-10,12-13,15,20H,2-5,7H2,1H3,(H,25,26)/t16?,17?,20-,25-;12?,13?,15-,20-/m00/s1. The highest BCUT2D eigenvalue weighted by Crippen LogP contribution is 2.51. The van der Waals surface area contributed by atoms with Gasteiger partial charge in [-0.1, -0.05) is 17.7 Å². The fraction of sp³-hybridized carbons (Fsp3) is 0.400. The zero-order valence-corrected chi connectivity index (χ0v) is 38.1. The molecule has 6 saturated carbocycles. The molecule has 7 aromatic rings. The molecule has 0 spiro atoms. The lowest BCUT2D eigenvalue weighted by Gasteiger charge is -2.47. The van der Waals surface area contributed by atoms with Crippen LogP contribution in [0.1, 0.15) is 75.2 Å². The largest absolute Gasteiger partial charge is 0.481 e. The molecule has 0 saturated heterocycles. The second-order valence-corrected chi connectivity index (χ2v) is 20.8. The van der Waals surface area contributed by atoms with Crippen LogP contribution in [0.2, 0.25) is 0 Å². The molecule has 4 atom stereocenters. The predicted molar refractivity (Wildman–Crippen MR) is 242 cm³/mol. The van der Waals surface area contributed by atoms with E-state index < -0.39 is 45.2 Å². The fourth-order valence-corrected chi connectivity index (χ4v) is 13.3. The third-order valence-corrected chi connectivity index (χ3v) is 16.8. The van der Waals surface area contributed by atoms with Crippen molar-refractivity contribution in [3.63, 3.8) is 0 Å². The lowest BCUT2D eigenvalue weighted by Crippen LogP contribution is -2.45. The van der Waals surface area contributed by atoms with E-state index in [9.17, 15) is 40.7 Å². The van der Waals surface area contributed by atoms with Gasteiger partial charge in [-0.2, -0.15) is 0 Å². The van der Waals surface area contributed by atoms with Gasteiger partial charge in [0.05, 0.1) is 47.0 Å². The van der Waals surface area contributed by atoms with Gasteiger partial charge in [0.15, 0.2) is 28.9 Å². The molecule has 1 aromatic carbocycles. The van der Waals surface area contributed by atoms with E-state index in [1.165, 1.54) is 30.6 Å². The average Bonchev–Trinajstić information content (AvgIpc) is 3.93. The molecule has 68 heavy (non-hydrogen) atoms. The Bertz CT molecular complexity index is 3200. The number of carboxylic acids is 1. The minimum Gasteiger partial charge on any atom is -0.481 e. The van der Waals surface area contributed by atoms with Gasteiger partial charge in [-0.15, -0.1) is 0 Å². The molecule has 13 rings (SSSR count). The summed E-state index contributed by atoms with van der Waals surface area (Å²) in [7, 11) is -4.11. The maximum atomic E-state index is 15.0. The molecule has 2 N–H and O–H groups in total. The first-order valence-electron chi connectivity index (χ1n) is 23.0. The molecule has 0 unspecified atom stereocenters. The lowest BCUT2D eigenvalue weighted by atomic mass is 9.56. The number of rotatable bonds is 10. The second-order valence-electron chi connectivity index (χ2n) is 19.0. The van der Waals surface area contributed by atoms with E-state index in [2.05, 4.69) is 34.9 Å². The quantitative estimate of drug-likeness (QED) is 0.124. The highest BCUT2D eigenvalue weighted by atomic mass is 32.2. The van der Waals surface area contributed by atoms with Crippen LogP contribution in [0.5, 0.6) is 0 Å². The van der Waals surface area contributed by atoms with Gasteiger partial charge in [0.2, 0.25) is 0 Å². The van der Waals surface area contributed by atoms with E-state index >= 15 is 0 Å². The first kappa shape index (κ1) is 45.4. The van der Waals surface area contributed by atoms with Crippen LogP contribution in [-0.4, -0.2) is 64.1 Å². The molecule has 6 aliphatic carbocycles. The Morgan fingerprint density at radius 3 is 1.78 bits per heavy atom. The number of H-pyrrole nitrogens is 1. The molecule has 18 heteroatoms. The van der Waals surface area contributed by atoms with E-state index in [1.807, 2.05) is 6.92 Å². The smallest absolute Gasteiger partial charge is 0.307 e. The monoisotopic (exact) mass is 948 g/mol. The number of pyridine rings is 2. The highest BCUT2D eigenvalue weighted by Gasteiger charge is 2.48. The number of aryl methyl sites for hydroxylation is 1. The molecule has 13 nitrogen and oxygen atoms in total. The normalized spacial score (nSPS) is 24.3. The van der Waals surface area contributed by atoms with Crippen LogP contribution < -0.4 is 0 Å². The number of benzene rings is 1. The lowest BCUT2D eigenvalue weighted by molar-refractivity contribution is -0.152. The van der Waals surface area contributed by atoms with Crippen molar-refractivity contribution >= 4 is 43.8 Å². The number of hydrogen-bond acceptors (Lipinski definition) is 10. The number of carbonyl (C=O) groups excluding carboxylic acids is 1. The Morgan fingerprint density at radius 1 is 0.691 bits per heavy atom. The molecule has 0 aliphatic heterocycles. The molecule has 6 fully saturated rings. The number of nitrogens with one attached hydrogen (secondary N) is 1. The zero-order valence-electron chi connectivity index (χ0n) is 37.2. The van der Waals surface area contributed by atoms with Gasteiger partial charge in [-0.05, 0) is 138 Å². The molecule has 6 aliphatic rings. The molecular formula is C50H48F4N8O5S. The van der Waals surface area contributed by atoms with Crippen LogP contribution in [0.4, 0.5) is 17.6 Å². The van der Waals surface area contributed by atoms with Crippen LogP contribution >= 0.6 is 0 Å². The molecular weight excluding hydrogens is 901 g/mol. The highest BCUT2D eigenvalue weighted by molar-refractivity contribution is 7.90. The number of nitrogens with zero attached hydrogens (tertiary/aromatic N) is 7. The van der Waals surface area contributed by atoms with Crippen molar-refractivity contribution in [1.29, 1.82) is 0 Å². The molecule has 6 heterocycles. The molecule has 6 aromatic heterocycles. The molecule has 4 bridgehead atoms. The Morgan fingerprint density at radius 2 is 1.21 bits per heavy atom. The number of aromatic nitrogens is 8. The minimum atomic E-state index is -4.11. The van der Waals surface area contributed by atoms with Crippen molar-refractivity contribution in [2.24, 2.45) is 47.3 Å². The Labute approximate surface area is 389 Å². The molecule has 0 radical (unpaired) electrons. The maximum Gasteiger partial charge on any atom is 0.307 e. The van der Waals surface area contributed by atoms with Crippen molar-refractivity contribution in [1.82, 2.24) is 38.9 Å². The SMILES string of the molecule is CC(=O)[C@H]1C2CCC(CC2)[C@@H]1Cc1nc(-c2c[nH]c3ncc(F)cc23)ncc1F.Cc1ccc(S(=O)(=O)n2cc(-c3ncc(F)c(C[C@H]4C5CCC(CC5)[C@@H]4C(=O)O)n3)c3cc(F)cnc32)cc1. The summed E-state index contributed by atoms with van der Waals surface area (Å²) in [6.07, 6.45) is 15.7. The molecule has 352 valence electrons. The van der Waals surface area contributed by atoms with Crippen molar-refractivity contribution in [2.75, 3.05) is 0 Å². The van der Waals surface area contributed by atoms with Gasteiger partial charge in [0, 0.05) is 40.2 Å². The summed E-state index contributed by atoms with van der Waals surface area (Å²) in [4.78, 5) is 52.7. The van der Waals surface area contributed by atoms with Crippen LogP contribution in [0.25, 0.3) is 44.8 Å². The summed E-state index contributed by atoms with van der Waals surface area (Å²) < 4.78 is 85.5. The first-order chi connectivity index (χ1) is 32.6. The van der Waals surface area contributed by atoms with Gasteiger partial charge in [-0.3, -0.25) is 9.59 Å². The summed E-state index contributed by atoms with van der Waals surface area (Å²) in [5.74, 6) is -2.17. The zero-order chi connectivity index (χ0) is 47.6. The number of ketones is 1. The summed E-state index contributed by atoms with van der Waals surface area (Å²) in [6.45, 7) is 3.50. The number of hydrogen-bond donors (Lipinski definition) is 2. The first-order valence-corrected chi connectivity index (χ1v) is 24.5. The topological polar surface area (TPSA) is 187 Å². The summed E-state index contributed by atoms with van der Waals surface area (Å²) in [6, 6.07) is 8.80.